The molecule has 6 rings (SSSR count). The first-order valence-electron chi connectivity index (χ1n) is 12.4. The monoisotopic (exact) mass is 507 g/mol. The van der Waals surface area contributed by atoms with E-state index < -0.39 is 0 Å². The molecule has 36 heavy (non-hydrogen) atoms. The normalized spacial score (nSPS) is 18.5. The Morgan fingerprint density at radius 1 is 1.22 bits per heavy atom. The number of aromatic nitrogens is 5. The van der Waals surface area contributed by atoms with E-state index in [-0.39, 0.29) is 18.1 Å². The van der Waals surface area contributed by atoms with Crippen LogP contribution in [0.4, 0.5) is 10.9 Å². The number of anilines is 2. The van der Waals surface area contributed by atoms with E-state index in [2.05, 4.69) is 15.7 Å². The zero-order valence-corrected chi connectivity index (χ0v) is 21.0. The molecule has 2 fully saturated rings. The highest BCUT2D eigenvalue weighted by molar-refractivity contribution is 7.14. The van der Waals surface area contributed by atoms with Gasteiger partial charge in [-0.15, -0.1) is 11.3 Å². The molecule has 10 nitrogen and oxygen atoms in total. The summed E-state index contributed by atoms with van der Waals surface area (Å²) in [5.74, 6) is 0.876. The highest BCUT2D eigenvalue weighted by Crippen LogP contribution is 2.32. The summed E-state index contributed by atoms with van der Waals surface area (Å²) in [6.45, 7) is 1.21. The number of nitrogens with zero attached hydrogens (tertiary/aromatic N) is 5. The Labute approximate surface area is 212 Å². The van der Waals surface area contributed by atoms with Gasteiger partial charge in [0.1, 0.15) is 11.6 Å². The number of carbonyl (C=O) groups is 1. The van der Waals surface area contributed by atoms with Crippen LogP contribution in [0.3, 0.4) is 0 Å². The molecule has 0 aromatic carbocycles. The van der Waals surface area contributed by atoms with Crippen molar-refractivity contribution in [3.05, 3.63) is 41.7 Å². The second-order valence-electron chi connectivity index (χ2n) is 9.38. The van der Waals surface area contributed by atoms with Crippen molar-refractivity contribution >= 4 is 39.2 Å². The standard InChI is InChI=1S/C25H29N7O3S/c1-31-13-18(12-26-31)32-9-7-20-22(32)24(35-19-8-10-34-14-19)30-25(28-20)29-21-11-16(15-36-21)23(33)27-17-5-3-2-4-6-17/h7,9,11-13,15,17,19H,2-6,8,10,14H2,1H3,(H,27,33)(H,28,29,30)/t19-/m0/s1. The molecule has 4 aromatic rings. The highest BCUT2D eigenvalue weighted by Gasteiger charge is 2.23. The van der Waals surface area contributed by atoms with Gasteiger partial charge in [-0.1, -0.05) is 19.3 Å². The van der Waals surface area contributed by atoms with Crippen LogP contribution in [0.2, 0.25) is 0 Å². The molecule has 1 atom stereocenters. The van der Waals surface area contributed by atoms with Crippen molar-refractivity contribution in [1.29, 1.82) is 0 Å². The van der Waals surface area contributed by atoms with Crippen LogP contribution >= 0.6 is 11.3 Å². The molecular formula is C25H29N7O3S. The maximum atomic E-state index is 12.7. The van der Waals surface area contributed by atoms with Gasteiger partial charge in [-0.2, -0.15) is 10.1 Å². The summed E-state index contributed by atoms with van der Waals surface area (Å²) in [6.07, 6.45) is 12.1. The Morgan fingerprint density at radius 2 is 2.11 bits per heavy atom. The highest BCUT2D eigenvalue weighted by atomic mass is 32.1. The Hall–Kier alpha value is -3.44. The predicted molar refractivity (Wildman–Crippen MR) is 137 cm³/mol. The third-order valence-corrected chi connectivity index (χ3v) is 7.52. The molecule has 4 aromatic heterocycles. The number of hydrogen-bond donors (Lipinski definition) is 2. The maximum Gasteiger partial charge on any atom is 0.252 e. The van der Waals surface area contributed by atoms with Gasteiger partial charge in [0, 0.05) is 37.3 Å². The van der Waals surface area contributed by atoms with E-state index >= 15 is 0 Å². The van der Waals surface area contributed by atoms with Crippen molar-refractivity contribution in [3.8, 4) is 11.6 Å². The molecule has 0 radical (unpaired) electrons. The SMILES string of the molecule is Cn1cc(-n2ccc3nc(Nc4cc(C(=O)NC5CCCCC5)cs4)nc(O[C@H]4CCOC4)c32)cn1. The average Bonchev–Trinajstić information content (AvgIpc) is 3.67. The van der Waals surface area contributed by atoms with Crippen LogP contribution in [-0.2, 0) is 11.8 Å². The lowest BCUT2D eigenvalue weighted by molar-refractivity contribution is 0.0928. The summed E-state index contributed by atoms with van der Waals surface area (Å²) in [7, 11) is 1.88. The molecule has 1 amide bonds. The summed E-state index contributed by atoms with van der Waals surface area (Å²) >= 11 is 1.45. The van der Waals surface area contributed by atoms with Crippen LogP contribution < -0.4 is 15.4 Å². The van der Waals surface area contributed by atoms with Crippen LogP contribution in [0.25, 0.3) is 16.7 Å². The molecule has 2 aliphatic rings. The topological polar surface area (TPSA) is 108 Å². The van der Waals surface area contributed by atoms with Gasteiger partial charge in [-0.25, -0.2) is 4.98 Å². The molecule has 1 saturated carbocycles. The first-order valence-corrected chi connectivity index (χ1v) is 13.3. The molecule has 1 saturated heterocycles. The Morgan fingerprint density at radius 3 is 2.89 bits per heavy atom. The van der Waals surface area contributed by atoms with Gasteiger partial charge < -0.3 is 24.7 Å². The van der Waals surface area contributed by atoms with Gasteiger partial charge in [-0.3, -0.25) is 9.48 Å². The smallest absolute Gasteiger partial charge is 0.252 e. The molecule has 2 N–H and O–H groups in total. The van der Waals surface area contributed by atoms with E-state index in [1.54, 1.807) is 10.9 Å². The summed E-state index contributed by atoms with van der Waals surface area (Å²) in [5, 5.41) is 13.4. The number of amides is 1. The number of rotatable bonds is 7. The summed E-state index contributed by atoms with van der Waals surface area (Å²) in [6, 6.07) is 4.06. The zero-order valence-electron chi connectivity index (χ0n) is 20.1. The zero-order chi connectivity index (χ0) is 24.5. The minimum Gasteiger partial charge on any atom is -0.470 e. The van der Waals surface area contributed by atoms with Gasteiger partial charge in [0.25, 0.3) is 5.91 Å². The van der Waals surface area contributed by atoms with E-state index in [9.17, 15) is 4.79 Å². The van der Waals surface area contributed by atoms with E-state index in [4.69, 9.17) is 19.4 Å². The van der Waals surface area contributed by atoms with Crippen molar-refractivity contribution in [2.24, 2.45) is 7.05 Å². The third-order valence-electron chi connectivity index (χ3n) is 6.67. The first-order chi connectivity index (χ1) is 17.6. The molecule has 188 valence electrons. The predicted octanol–water partition coefficient (Wildman–Crippen LogP) is 4.19. The number of fused-ring (bicyclic) bond motifs is 1. The van der Waals surface area contributed by atoms with Gasteiger partial charge in [-0.05, 0) is 25.0 Å². The van der Waals surface area contributed by atoms with E-state index in [1.165, 1.54) is 30.6 Å². The van der Waals surface area contributed by atoms with Crippen LogP contribution in [0.1, 0.15) is 48.9 Å². The van der Waals surface area contributed by atoms with Gasteiger partial charge in [0.15, 0.2) is 0 Å². The molecule has 11 heteroatoms. The molecule has 1 aliphatic carbocycles. The van der Waals surface area contributed by atoms with E-state index in [1.807, 2.05) is 41.5 Å². The number of aryl methyl sites for hydroxylation is 1. The molecule has 0 unspecified atom stereocenters. The first kappa shape index (κ1) is 23.0. The minimum atomic E-state index is -0.0648. The quantitative estimate of drug-likeness (QED) is 0.386. The van der Waals surface area contributed by atoms with Crippen molar-refractivity contribution in [2.75, 3.05) is 18.5 Å². The largest absolute Gasteiger partial charge is 0.470 e. The summed E-state index contributed by atoms with van der Waals surface area (Å²) < 4.78 is 15.5. The van der Waals surface area contributed by atoms with Crippen LogP contribution in [-0.4, -0.2) is 55.6 Å². The van der Waals surface area contributed by atoms with Gasteiger partial charge >= 0.3 is 0 Å². The fourth-order valence-corrected chi connectivity index (χ4v) is 5.58. The van der Waals surface area contributed by atoms with Crippen LogP contribution in [0.5, 0.6) is 5.88 Å². The minimum absolute atomic E-state index is 0.0265. The number of thiophene rings is 1. The van der Waals surface area contributed by atoms with Crippen molar-refractivity contribution in [3.63, 3.8) is 0 Å². The molecule has 0 spiro atoms. The maximum absolute atomic E-state index is 12.7. The van der Waals surface area contributed by atoms with Crippen LogP contribution in [0.15, 0.2) is 36.1 Å². The average molecular weight is 508 g/mol. The lowest BCUT2D eigenvalue weighted by Crippen LogP contribution is -2.35. The lowest BCUT2D eigenvalue weighted by Gasteiger charge is -2.22. The Kier molecular flexibility index (Phi) is 6.32. The Bertz CT molecular complexity index is 1370. The molecule has 0 bridgehead atoms. The van der Waals surface area contributed by atoms with Crippen molar-refractivity contribution in [1.82, 2.24) is 29.6 Å². The van der Waals surface area contributed by atoms with E-state index in [0.29, 0.717) is 30.6 Å². The molecule has 1 aliphatic heterocycles. The molecular weight excluding hydrogens is 478 g/mol. The van der Waals surface area contributed by atoms with Gasteiger partial charge in [0.2, 0.25) is 11.8 Å². The summed E-state index contributed by atoms with van der Waals surface area (Å²) in [4.78, 5) is 22.2. The Balaban J connectivity index is 1.26. The van der Waals surface area contributed by atoms with Gasteiger partial charge in [0.05, 0.1) is 41.2 Å². The second-order valence-corrected chi connectivity index (χ2v) is 10.3. The second kappa shape index (κ2) is 9.90. The fourth-order valence-electron chi connectivity index (χ4n) is 4.81. The number of ether oxygens (including phenoxy) is 2. The summed E-state index contributed by atoms with van der Waals surface area (Å²) in [5.41, 5.74) is 3.07. The molecule has 5 heterocycles. The number of nitrogens with one attached hydrogen (secondary N) is 2. The fraction of sp³-hybridized carbons (Fsp3) is 0.440. The number of hydrogen-bond acceptors (Lipinski definition) is 8. The lowest BCUT2D eigenvalue weighted by atomic mass is 9.95. The third kappa shape index (κ3) is 4.80. The van der Waals surface area contributed by atoms with E-state index in [0.717, 1.165) is 41.0 Å². The van der Waals surface area contributed by atoms with Crippen LogP contribution in [0, 0.1) is 0 Å². The van der Waals surface area contributed by atoms with Crippen molar-refractivity contribution in [2.45, 2.75) is 50.7 Å². The van der Waals surface area contributed by atoms with Crippen molar-refractivity contribution < 1.29 is 14.3 Å². The number of carbonyl (C=O) groups excluding carboxylic acids is 1.